The second-order valence-corrected chi connectivity index (χ2v) is 46.2. The molecule has 0 radical (unpaired) electrons. The van der Waals surface area contributed by atoms with Crippen LogP contribution in [0.1, 0.15) is 44.5 Å². The molecule has 0 fully saturated rings. The maximum Gasteiger partial charge on any atom is 0.216 e. The van der Waals surface area contributed by atoms with E-state index in [2.05, 4.69) is 431 Å². The van der Waals surface area contributed by atoms with Crippen LogP contribution >= 0.6 is 0 Å². The predicted molar refractivity (Wildman–Crippen MR) is 522 cm³/mol. The summed E-state index contributed by atoms with van der Waals surface area (Å²) in [4.78, 5) is 0. The molecule has 0 atom stereocenters. The van der Waals surface area contributed by atoms with Gasteiger partial charge in [0.05, 0.1) is 16.7 Å². The van der Waals surface area contributed by atoms with Crippen molar-refractivity contribution in [2.24, 2.45) is 21.1 Å². The summed E-state index contributed by atoms with van der Waals surface area (Å²) in [5.74, 6) is -0.294. The normalized spacial score (nSPS) is 12.0. The molecule has 0 spiro atoms. The predicted octanol–water partition coefficient (Wildman–Crippen LogP) is 21.6. The zero-order chi connectivity index (χ0) is 84.9. The van der Waals surface area contributed by atoms with Crippen molar-refractivity contribution in [3.8, 4) is 33.8 Å². The molecule has 0 aliphatic rings. The fourth-order valence-corrected chi connectivity index (χ4v) is 31.4. The molecule has 0 saturated heterocycles. The van der Waals surface area contributed by atoms with Crippen molar-refractivity contribution in [3.05, 3.63) is 396 Å². The van der Waals surface area contributed by atoms with E-state index >= 15 is 0 Å². The fourth-order valence-electron chi connectivity index (χ4n) is 19.8. The minimum atomic E-state index is -2.48. The summed E-state index contributed by atoms with van der Waals surface area (Å²) >= 11 is 0. The molecule has 0 amide bonds. The Kier molecular flexibility index (Phi) is 20.3. The number of para-hydroxylation sites is 2. The van der Waals surface area contributed by atoms with Crippen LogP contribution in [-0.2, 0) is 21.1 Å². The largest absolute Gasteiger partial charge is 0.455 e. The molecular formula is C113H99FN3O3Si3+3. The number of aryl methyl sites for hydroxylation is 9. The van der Waals surface area contributed by atoms with Crippen molar-refractivity contribution in [1.29, 1.82) is 0 Å². The Morgan fingerprint density at radius 2 is 0.520 bits per heavy atom. The van der Waals surface area contributed by atoms with Crippen LogP contribution < -0.4 is 60.4 Å². The van der Waals surface area contributed by atoms with E-state index < -0.39 is 24.2 Å². The molecule has 6 aromatic heterocycles. The third-order valence-corrected chi connectivity index (χ3v) is 40.4. The number of hydrogen-bond donors (Lipinski definition) is 0. The van der Waals surface area contributed by atoms with E-state index in [1.165, 1.54) is 158 Å². The third-order valence-electron chi connectivity index (χ3n) is 27.0. The van der Waals surface area contributed by atoms with Crippen molar-refractivity contribution in [2.75, 3.05) is 0 Å². The third kappa shape index (κ3) is 13.4. The Balaban J connectivity index is 0.000000121. The van der Waals surface area contributed by atoms with Crippen LogP contribution in [-0.4, -0.2) is 24.2 Å². The molecule has 0 aliphatic heterocycles. The molecule has 0 aliphatic carbocycles. The lowest BCUT2D eigenvalue weighted by Crippen LogP contribution is -2.65. The van der Waals surface area contributed by atoms with Crippen molar-refractivity contribution in [1.82, 2.24) is 0 Å². The van der Waals surface area contributed by atoms with Crippen LogP contribution in [0.4, 0.5) is 4.39 Å². The van der Waals surface area contributed by atoms with Crippen molar-refractivity contribution in [3.63, 3.8) is 0 Å². The highest BCUT2D eigenvalue weighted by molar-refractivity contribution is 7.13. The number of hydrogen-bond acceptors (Lipinski definition) is 3. The number of pyridine rings is 3. The lowest BCUT2D eigenvalue weighted by atomic mass is 9.95. The highest BCUT2D eigenvalue weighted by Crippen LogP contribution is 2.43. The minimum absolute atomic E-state index is 0.294. The summed E-state index contributed by atoms with van der Waals surface area (Å²) < 4.78 is 41.0. The average Bonchev–Trinajstić information content (AvgIpc) is 1.72. The molecule has 6 heterocycles. The number of aromatic nitrogens is 3. The monoisotopic (exact) mass is 1650 g/mol. The summed E-state index contributed by atoms with van der Waals surface area (Å²) in [5, 5.41) is 23.1. The van der Waals surface area contributed by atoms with E-state index in [1.807, 2.05) is 12.1 Å². The molecule has 6 nitrogen and oxygen atoms in total. The quantitative estimate of drug-likeness (QED) is 0.0905. The standard InChI is InChI=1S/C38H33FNOSi.C38H34NOSi.C37H32NOSi/c1-24-16-19-33-32(20-24)36(42(5,28-12-8-6-9-13-28)29-14-10-7-11-15-29)23-34(40(33)4)37-26(3)25(2)21-31-30-18-17-27(39)22-35(30)41-38(31)37;1-25-20-21-33-32(22-25)36(41(5,28-14-8-6-9-15-28)29-16-10-7-11-17-29)24-34(39(33)4)37-27(3)26(2)23-31-30-18-12-13-19-35(30)40-38(31)37;1-25-19-22-32-31(23-25)35(40(4,27-13-7-5-8-14-27)28-15-9-6-10-16-28)24-33(38(32)3)36-26(2)20-21-30-29-17-11-12-18-34(29)39-37(30)36/h6-23H,1-5H3;6-24H,1-5H3;5-24H,1-4H3/q3*+1. The SMILES string of the molecule is Cc1ccc2c(c1)c([Si](C)(c1ccccc1)c1ccccc1)cc(-c1c(C)c(C)cc3c1oc1cc(F)ccc13)[n+]2C.Cc1ccc2c(c1)c([Si](C)(c1ccccc1)c1ccccc1)cc(-c1c(C)c(C)cc3c1oc1ccccc13)[n+]2C.Cc1ccc2c(c1)c([Si](C)(c1ccccc1)c1ccccc1)cc(-c1c(C)ccc3c1oc1ccccc13)[n+]2C. The number of furan rings is 3. The van der Waals surface area contributed by atoms with Gasteiger partial charge in [-0.1, -0.05) is 285 Å². The van der Waals surface area contributed by atoms with Gasteiger partial charge in [-0.3, -0.25) is 0 Å². The molecule has 0 unspecified atom stereocenters. The summed E-state index contributed by atoms with van der Waals surface area (Å²) in [7, 11) is -0.772. The average molecular weight is 1650 g/mol. The second kappa shape index (κ2) is 31.5. The Bertz CT molecular complexity index is 7620. The van der Waals surface area contributed by atoms with Crippen LogP contribution in [0, 0.1) is 61.2 Å². The number of benzene rings is 15. The maximum atomic E-state index is 14.3. The minimum Gasteiger partial charge on any atom is -0.455 e. The maximum absolute atomic E-state index is 14.3. The molecule has 15 aromatic carbocycles. The second-order valence-electron chi connectivity index (χ2n) is 34.4. The van der Waals surface area contributed by atoms with Gasteiger partial charge in [-0.2, -0.15) is 13.7 Å². The summed E-state index contributed by atoms with van der Waals surface area (Å²) in [6.45, 7) is 25.0. The lowest BCUT2D eigenvalue weighted by molar-refractivity contribution is -0.633. The highest BCUT2D eigenvalue weighted by Gasteiger charge is 2.43. The first-order valence-corrected chi connectivity index (χ1v) is 50.2. The smallest absolute Gasteiger partial charge is 0.216 e. The van der Waals surface area contributed by atoms with Gasteiger partial charge in [0.1, 0.15) is 84.7 Å². The topological polar surface area (TPSA) is 51.1 Å². The Morgan fingerprint density at radius 3 is 0.870 bits per heavy atom. The summed E-state index contributed by atoms with van der Waals surface area (Å²) in [6, 6.07) is 125. The molecule has 0 saturated carbocycles. The molecule has 21 aromatic rings. The number of fused-ring (bicyclic) bond motifs is 12. The fraction of sp³-hybridized carbons (Fsp3) is 0.124. The molecule has 10 heteroatoms. The first-order chi connectivity index (χ1) is 59.6. The van der Waals surface area contributed by atoms with Gasteiger partial charge in [-0.15, -0.1) is 0 Å². The summed E-state index contributed by atoms with van der Waals surface area (Å²) in [6.07, 6.45) is 0. The van der Waals surface area contributed by atoms with Gasteiger partial charge < -0.3 is 13.3 Å². The van der Waals surface area contributed by atoms with Crippen LogP contribution in [0.25, 0.3) is 132 Å². The van der Waals surface area contributed by atoms with Gasteiger partial charge in [-0.25, -0.2) is 4.39 Å². The first-order valence-electron chi connectivity index (χ1n) is 42.7. The molecule has 0 N–H and O–H groups in total. The van der Waals surface area contributed by atoms with E-state index in [0.29, 0.717) is 5.58 Å². The molecule has 21 rings (SSSR count). The zero-order valence-corrected chi connectivity index (χ0v) is 75.4. The summed E-state index contributed by atoms with van der Waals surface area (Å²) in [5.41, 5.74) is 25.5. The van der Waals surface area contributed by atoms with E-state index in [4.69, 9.17) is 13.3 Å². The van der Waals surface area contributed by atoms with Gasteiger partial charge in [-0.05, 0) is 184 Å². The zero-order valence-electron chi connectivity index (χ0n) is 72.4. The highest BCUT2D eigenvalue weighted by atomic mass is 28.3. The van der Waals surface area contributed by atoms with E-state index in [-0.39, 0.29) is 5.82 Å². The Morgan fingerprint density at radius 1 is 0.236 bits per heavy atom. The number of rotatable bonds is 12. The van der Waals surface area contributed by atoms with Crippen LogP contribution in [0.2, 0.25) is 19.6 Å². The van der Waals surface area contributed by atoms with E-state index in [9.17, 15) is 4.39 Å². The van der Waals surface area contributed by atoms with Crippen LogP contribution in [0.3, 0.4) is 0 Å². The van der Waals surface area contributed by atoms with Gasteiger partial charge >= 0.3 is 0 Å². The molecule has 600 valence electrons. The Labute approximate surface area is 721 Å². The molecular weight excluding hydrogens is 1550 g/mol. The molecule has 0 bridgehead atoms. The number of nitrogens with zero attached hydrogens (tertiary/aromatic N) is 3. The van der Waals surface area contributed by atoms with Gasteiger partial charge in [0.2, 0.25) is 33.6 Å². The molecule has 123 heavy (non-hydrogen) atoms. The number of halogens is 1. The van der Waals surface area contributed by atoms with Crippen molar-refractivity contribution < 1.29 is 31.3 Å². The lowest BCUT2D eigenvalue weighted by Gasteiger charge is -2.30. The van der Waals surface area contributed by atoms with Gasteiger partial charge in [0, 0.05) is 90.9 Å². The van der Waals surface area contributed by atoms with Crippen LogP contribution in [0.15, 0.2) is 359 Å². The van der Waals surface area contributed by atoms with Crippen molar-refractivity contribution >= 4 is 169 Å². The van der Waals surface area contributed by atoms with E-state index in [1.54, 1.807) is 0 Å². The van der Waals surface area contributed by atoms with Gasteiger partial charge in [0.25, 0.3) is 0 Å². The van der Waals surface area contributed by atoms with Crippen LogP contribution in [0.5, 0.6) is 0 Å². The van der Waals surface area contributed by atoms with E-state index in [0.717, 1.165) is 71.8 Å². The van der Waals surface area contributed by atoms with Crippen molar-refractivity contribution in [2.45, 2.75) is 75.0 Å². The van der Waals surface area contributed by atoms with Gasteiger partial charge in [0.15, 0.2) is 0 Å². The first kappa shape index (κ1) is 79.3. The Hall–Kier alpha value is -13.5.